The number of hydrogen-bond acceptors (Lipinski definition) is 4. The standard InChI is InChI=1S/C34H28N4/c1-5-13-28(14-6-1)33-25-34(29-15-7-2-8-16-29)38(36-33)32-23-21-27(22-24-32)26-35-37(30-17-9-3-10-18-30)31-19-11-4-12-20-31/h1-24,26,34H,25H2. The minimum atomic E-state index is 0.151. The fraction of sp³-hybridized carbons (Fsp3) is 0.0588. The number of rotatable bonds is 7. The van der Waals surface area contributed by atoms with E-state index in [1.807, 2.05) is 53.7 Å². The van der Waals surface area contributed by atoms with E-state index in [2.05, 4.69) is 108 Å². The van der Waals surface area contributed by atoms with Gasteiger partial charge in [-0.05, 0) is 53.1 Å². The zero-order valence-corrected chi connectivity index (χ0v) is 21.0. The molecule has 0 spiro atoms. The van der Waals surface area contributed by atoms with Crippen molar-refractivity contribution in [3.8, 4) is 0 Å². The Labute approximate surface area is 223 Å². The smallest absolute Gasteiger partial charge is 0.0831 e. The van der Waals surface area contributed by atoms with Crippen molar-refractivity contribution in [3.63, 3.8) is 0 Å². The van der Waals surface area contributed by atoms with Crippen LogP contribution in [-0.4, -0.2) is 11.9 Å². The monoisotopic (exact) mass is 492 g/mol. The van der Waals surface area contributed by atoms with Crippen LogP contribution in [-0.2, 0) is 0 Å². The minimum absolute atomic E-state index is 0.151. The molecule has 1 atom stereocenters. The van der Waals surface area contributed by atoms with E-state index in [1.54, 1.807) is 0 Å². The molecule has 0 bridgehead atoms. The van der Waals surface area contributed by atoms with Gasteiger partial charge in [0.05, 0.1) is 35.0 Å². The van der Waals surface area contributed by atoms with Crippen LogP contribution in [0.2, 0.25) is 0 Å². The van der Waals surface area contributed by atoms with Crippen LogP contribution in [0.5, 0.6) is 0 Å². The Morgan fingerprint density at radius 3 is 1.74 bits per heavy atom. The lowest BCUT2D eigenvalue weighted by Crippen LogP contribution is -2.18. The van der Waals surface area contributed by atoms with E-state index in [0.717, 1.165) is 34.8 Å². The van der Waals surface area contributed by atoms with Gasteiger partial charge in [-0.3, -0.25) is 5.01 Å². The molecule has 184 valence electrons. The van der Waals surface area contributed by atoms with Gasteiger partial charge in [0, 0.05) is 6.42 Å². The van der Waals surface area contributed by atoms with Gasteiger partial charge in [-0.25, -0.2) is 5.01 Å². The van der Waals surface area contributed by atoms with Gasteiger partial charge in [-0.1, -0.05) is 109 Å². The second-order valence-electron chi connectivity index (χ2n) is 9.21. The zero-order chi connectivity index (χ0) is 25.6. The SMILES string of the molecule is C(=NN(c1ccccc1)c1ccccc1)c1ccc(N2N=C(c3ccccc3)CC2c2ccccc2)cc1. The molecule has 0 saturated carbocycles. The second kappa shape index (κ2) is 11.0. The predicted octanol–water partition coefficient (Wildman–Crippen LogP) is 8.21. The van der Waals surface area contributed by atoms with Gasteiger partial charge in [0.15, 0.2) is 0 Å². The summed E-state index contributed by atoms with van der Waals surface area (Å²) < 4.78 is 0. The van der Waals surface area contributed by atoms with Crippen molar-refractivity contribution in [2.24, 2.45) is 10.2 Å². The molecule has 0 N–H and O–H groups in total. The number of hydrogen-bond donors (Lipinski definition) is 0. The summed E-state index contributed by atoms with van der Waals surface area (Å²) in [5.74, 6) is 0. The Morgan fingerprint density at radius 1 is 0.632 bits per heavy atom. The molecule has 0 fully saturated rings. The highest BCUT2D eigenvalue weighted by atomic mass is 15.5. The molecule has 0 aromatic heterocycles. The van der Waals surface area contributed by atoms with Gasteiger partial charge in [-0.15, -0.1) is 0 Å². The van der Waals surface area contributed by atoms with Crippen LogP contribution in [0.4, 0.5) is 17.1 Å². The van der Waals surface area contributed by atoms with E-state index in [4.69, 9.17) is 10.2 Å². The molecule has 1 aliphatic heterocycles. The molecule has 0 amide bonds. The van der Waals surface area contributed by atoms with Crippen LogP contribution in [0, 0.1) is 0 Å². The van der Waals surface area contributed by atoms with Crippen molar-refractivity contribution >= 4 is 29.0 Å². The lowest BCUT2D eigenvalue weighted by molar-refractivity contribution is 0.709. The zero-order valence-electron chi connectivity index (χ0n) is 21.0. The van der Waals surface area contributed by atoms with E-state index >= 15 is 0 Å². The summed E-state index contributed by atoms with van der Waals surface area (Å²) in [7, 11) is 0. The Balaban J connectivity index is 1.28. The van der Waals surface area contributed by atoms with Crippen LogP contribution in [0.1, 0.15) is 29.2 Å². The van der Waals surface area contributed by atoms with Crippen molar-refractivity contribution in [3.05, 3.63) is 162 Å². The first kappa shape index (κ1) is 23.4. The first-order valence-electron chi connectivity index (χ1n) is 12.9. The molecule has 6 rings (SSSR count). The molecule has 0 aliphatic carbocycles. The molecule has 4 nitrogen and oxygen atoms in total. The molecule has 1 unspecified atom stereocenters. The Morgan fingerprint density at radius 2 is 1.16 bits per heavy atom. The second-order valence-corrected chi connectivity index (χ2v) is 9.21. The van der Waals surface area contributed by atoms with Crippen molar-refractivity contribution in [2.75, 3.05) is 10.0 Å². The normalized spacial score (nSPS) is 15.0. The molecule has 0 saturated heterocycles. The average molecular weight is 493 g/mol. The van der Waals surface area contributed by atoms with E-state index in [1.165, 1.54) is 11.1 Å². The number of para-hydroxylation sites is 2. The summed E-state index contributed by atoms with van der Waals surface area (Å²) in [6, 6.07) is 50.1. The Hall–Kier alpha value is -4.96. The van der Waals surface area contributed by atoms with E-state index in [9.17, 15) is 0 Å². The molecule has 38 heavy (non-hydrogen) atoms. The van der Waals surface area contributed by atoms with Gasteiger partial charge in [0.2, 0.25) is 0 Å². The maximum Gasteiger partial charge on any atom is 0.0831 e. The van der Waals surface area contributed by atoms with Crippen LogP contribution < -0.4 is 10.0 Å². The van der Waals surface area contributed by atoms with Crippen LogP contribution >= 0.6 is 0 Å². The highest BCUT2D eigenvalue weighted by Crippen LogP contribution is 2.36. The fourth-order valence-electron chi connectivity index (χ4n) is 4.75. The van der Waals surface area contributed by atoms with Gasteiger partial charge >= 0.3 is 0 Å². The largest absolute Gasteiger partial charge is 0.257 e. The number of anilines is 3. The number of hydrazone groups is 2. The molecule has 4 heteroatoms. The molecule has 5 aromatic rings. The first-order chi connectivity index (χ1) is 18.8. The van der Waals surface area contributed by atoms with Crippen molar-refractivity contribution in [1.82, 2.24) is 0 Å². The Kier molecular flexibility index (Phi) is 6.77. The van der Waals surface area contributed by atoms with Crippen molar-refractivity contribution in [1.29, 1.82) is 0 Å². The van der Waals surface area contributed by atoms with Crippen molar-refractivity contribution in [2.45, 2.75) is 12.5 Å². The first-order valence-corrected chi connectivity index (χ1v) is 12.9. The lowest BCUT2D eigenvalue weighted by Gasteiger charge is -2.24. The number of benzene rings is 5. The highest BCUT2D eigenvalue weighted by molar-refractivity contribution is 6.03. The van der Waals surface area contributed by atoms with Gasteiger partial charge in [0.25, 0.3) is 0 Å². The summed E-state index contributed by atoms with van der Waals surface area (Å²) in [6.45, 7) is 0. The average Bonchev–Trinajstić information content (AvgIpc) is 3.45. The summed E-state index contributed by atoms with van der Waals surface area (Å²) >= 11 is 0. The predicted molar refractivity (Wildman–Crippen MR) is 158 cm³/mol. The quantitative estimate of drug-likeness (QED) is 0.169. The Bertz CT molecular complexity index is 1470. The lowest BCUT2D eigenvalue weighted by atomic mass is 9.98. The van der Waals surface area contributed by atoms with Crippen LogP contribution in [0.25, 0.3) is 0 Å². The van der Waals surface area contributed by atoms with Gasteiger partial charge < -0.3 is 0 Å². The molecule has 0 radical (unpaired) electrons. The van der Waals surface area contributed by atoms with Gasteiger partial charge in [-0.2, -0.15) is 10.2 Å². The molecule has 5 aromatic carbocycles. The molecular weight excluding hydrogens is 464 g/mol. The van der Waals surface area contributed by atoms with E-state index < -0.39 is 0 Å². The molecule has 1 heterocycles. The van der Waals surface area contributed by atoms with E-state index in [0.29, 0.717) is 0 Å². The van der Waals surface area contributed by atoms with Gasteiger partial charge in [0.1, 0.15) is 0 Å². The third-order valence-electron chi connectivity index (χ3n) is 6.68. The highest BCUT2D eigenvalue weighted by Gasteiger charge is 2.29. The molecular formula is C34H28N4. The molecule has 1 aliphatic rings. The maximum absolute atomic E-state index is 5.08. The fourth-order valence-corrected chi connectivity index (χ4v) is 4.75. The third-order valence-corrected chi connectivity index (χ3v) is 6.68. The maximum atomic E-state index is 5.08. The van der Waals surface area contributed by atoms with Crippen molar-refractivity contribution < 1.29 is 0 Å². The summed E-state index contributed by atoms with van der Waals surface area (Å²) in [5.41, 5.74) is 7.63. The summed E-state index contributed by atoms with van der Waals surface area (Å²) in [6.07, 6.45) is 2.77. The number of nitrogens with zero attached hydrogens (tertiary/aromatic N) is 4. The topological polar surface area (TPSA) is 31.2 Å². The van der Waals surface area contributed by atoms with Crippen LogP contribution in [0.3, 0.4) is 0 Å². The van der Waals surface area contributed by atoms with E-state index in [-0.39, 0.29) is 6.04 Å². The minimum Gasteiger partial charge on any atom is -0.257 e. The summed E-state index contributed by atoms with van der Waals surface area (Å²) in [4.78, 5) is 0. The van der Waals surface area contributed by atoms with Crippen LogP contribution in [0.15, 0.2) is 156 Å². The summed E-state index contributed by atoms with van der Waals surface area (Å²) in [5, 5.41) is 14.0. The third kappa shape index (κ3) is 5.11.